The number of aliphatic hydroxyl groups is 5. The fourth-order valence-corrected chi connectivity index (χ4v) is 5.54. The predicted molar refractivity (Wildman–Crippen MR) is 122 cm³/mol. The minimum absolute atomic E-state index is 0.150. The van der Waals surface area contributed by atoms with Crippen molar-refractivity contribution < 1.29 is 25.5 Å². The SMILES string of the molecule is OCC1CCCCCCCCCCCCCCCCCC(CO)(CO)C1(CO)CO. The smallest absolute Gasteiger partial charge is 0.0520 e. The van der Waals surface area contributed by atoms with E-state index < -0.39 is 10.8 Å². The summed E-state index contributed by atoms with van der Waals surface area (Å²) in [6.07, 6.45) is 19.2. The lowest BCUT2D eigenvalue weighted by Gasteiger charge is -2.51. The van der Waals surface area contributed by atoms with E-state index in [0.717, 1.165) is 32.1 Å². The van der Waals surface area contributed by atoms with Gasteiger partial charge in [-0.15, -0.1) is 0 Å². The van der Waals surface area contributed by atoms with Crippen LogP contribution in [0.5, 0.6) is 0 Å². The third kappa shape index (κ3) is 8.05. The molecule has 0 aromatic carbocycles. The zero-order chi connectivity index (χ0) is 22.1. The maximum absolute atomic E-state index is 10.4. The predicted octanol–water partition coefficient (Wildman–Crippen LogP) is 4.18. The lowest BCUT2D eigenvalue weighted by atomic mass is 9.55. The zero-order valence-electron chi connectivity index (χ0n) is 19.4. The van der Waals surface area contributed by atoms with Gasteiger partial charge < -0.3 is 25.5 Å². The summed E-state index contributed by atoms with van der Waals surface area (Å²) < 4.78 is 0. The van der Waals surface area contributed by atoms with E-state index in [0.29, 0.717) is 12.8 Å². The Bertz CT molecular complexity index is 393. The summed E-state index contributed by atoms with van der Waals surface area (Å²) in [5.74, 6) is -0.336. The molecule has 5 heteroatoms. The second kappa shape index (κ2) is 16.4. The Balaban J connectivity index is 2.89. The highest BCUT2D eigenvalue weighted by Crippen LogP contribution is 2.49. The molecule has 1 aliphatic carbocycles. The van der Waals surface area contributed by atoms with E-state index in [1.807, 2.05) is 0 Å². The molecule has 180 valence electrons. The molecule has 5 nitrogen and oxygen atoms in total. The van der Waals surface area contributed by atoms with Gasteiger partial charge in [0, 0.05) is 17.4 Å². The molecule has 1 aliphatic rings. The molecule has 0 aromatic rings. The highest BCUT2D eigenvalue weighted by Gasteiger charge is 2.53. The molecule has 0 radical (unpaired) electrons. The van der Waals surface area contributed by atoms with Crippen LogP contribution in [0.1, 0.15) is 109 Å². The number of hydrogen-bond donors (Lipinski definition) is 5. The molecule has 1 saturated carbocycles. The third-order valence-corrected chi connectivity index (χ3v) is 7.94. The zero-order valence-corrected chi connectivity index (χ0v) is 19.4. The standard InChI is InChI=1S/C25H50O5/c26-18-23-16-14-12-10-8-6-4-2-1-3-5-7-9-11-13-15-17-24(19-27,20-28)25(23,21-29)22-30/h23,26-30H,1-22H2. The Morgan fingerprint density at radius 3 is 1.17 bits per heavy atom. The van der Waals surface area contributed by atoms with Crippen LogP contribution < -0.4 is 0 Å². The van der Waals surface area contributed by atoms with Crippen LogP contribution in [0.4, 0.5) is 0 Å². The Labute approximate surface area is 184 Å². The number of hydrogen-bond acceptors (Lipinski definition) is 5. The minimum Gasteiger partial charge on any atom is -0.396 e. The summed E-state index contributed by atoms with van der Waals surface area (Å²) in [6, 6.07) is 0. The second-order valence-corrected chi connectivity index (χ2v) is 9.79. The molecular formula is C25H50O5. The molecule has 1 fully saturated rings. The van der Waals surface area contributed by atoms with Crippen molar-refractivity contribution in [1.29, 1.82) is 0 Å². The lowest BCUT2D eigenvalue weighted by Crippen LogP contribution is -2.57. The topological polar surface area (TPSA) is 101 Å². The summed E-state index contributed by atoms with van der Waals surface area (Å²) >= 11 is 0. The maximum atomic E-state index is 10.4. The highest BCUT2D eigenvalue weighted by molar-refractivity contribution is 5.01. The molecule has 0 spiro atoms. The summed E-state index contributed by atoms with van der Waals surface area (Å²) in [7, 11) is 0. The quantitative estimate of drug-likeness (QED) is 0.450. The molecular weight excluding hydrogens is 380 g/mol. The Hall–Kier alpha value is -0.200. The summed E-state index contributed by atoms with van der Waals surface area (Å²) in [5.41, 5.74) is -2.06. The molecule has 0 bridgehead atoms. The van der Waals surface area contributed by atoms with Crippen LogP contribution >= 0.6 is 0 Å². The van der Waals surface area contributed by atoms with Gasteiger partial charge >= 0.3 is 0 Å². The van der Waals surface area contributed by atoms with E-state index in [9.17, 15) is 25.5 Å². The van der Waals surface area contributed by atoms with Crippen LogP contribution in [0.2, 0.25) is 0 Å². The van der Waals surface area contributed by atoms with Crippen molar-refractivity contribution in [2.45, 2.75) is 109 Å². The van der Waals surface area contributed by atoms with Gasteiger partial charge in [0.05, 0.1) is 26.4 Å². The van der Waals surface area contributed by atoms with E-state index >= 15 is 0 Å². The summed E-state index contributed by atoms with van der Waals surface area (Å²) in [6.45, 7) is -1.41. The Morgan fingerprint density at radius 1 is 0.467 bits per heavy atom. The Kier molecular flexibility index (Phi) is 15.2. The van der Waals surface area contributed by atoms with Gasteiger partial charge in [0.1, 0.15) is 0 Å². The van der Waals surface area contributed by atoms with Crippen LogP contribution in [0.25, 0.3) is 0 Å². The van der Waals surface area contributed by atoms with Gasteiger partial charge in [-0.05, 0) is 18.8 Å². The first-order valence-corrected chi connectivity index (χ1v) is 12.7. The van der Waals surface area contributed by atoms with Gasteiger partial charge in [-0.1, -0.05) is 96.3 Å². The third-order valence-electron chi connectivity index (χ3n) is 7.94. The van der Waals surface area contributed by atoms with Crippen LogP contribution in [-0.4, -0.2) is 58.6 Å². The molecule has 0 heterocycles. The molecule has 30 heavy (non-hydrogen) atoms. The summed E-state index contributed by atoms with van der Waals surface area (Å²) in [4.78, 5) is 0. The van der Waals surface area contributed by atoms with Crippen LogP contribution in [0, 0.1) is 16.7 Å². The number of aliphatic hydroxyl groups excluding tert-OH is 5. The number of rotatable bonds is 5. The van der Waals surface area contributed by atoms with Gasteiger partial charge in [-0.3, -0.25) is 0 Å². The van der Waals surface area contributed by atoms with Crippen molar-refractivity contribution in [3.63, 3.8) is 0 Å². The van der Waals surface area contributed by atoms with Crippen molar-refractivity contribution in [3.8, 4) is 0 Å². The van der Waals surface area contributed by atoms with Gasteiger partial charge in [-0.25, -0.2) is 0 Å². The molecule has 0 aliphatic heterocycles. The van der Waals surface area contributed by atoms with Crippen LogP contribution in [-0.2, 0) is 0 Å². The fourth-order valence-electron chi connectivity index (χ4n) is 5.54. The van der Waals surface area contributed by atoms with Crippen LogP contribution in [0.15, 0.2) is 0 Å². The minimum atomic E-state index is -1.08. The first kappa shape index (κ1) is 27.8. The molecule has 0 saturated heterocycles. The van der Waals surface area contributed by atoms with Crippen molar-refractivity contribution in [2.24, 2.45) is 16.7 Å². The first-order chi connectivity index (χ1) is 14.7. The monoisotopic (exact) mass is 430 g/mol. The lowest BCUT2D eigenvalue weighted by molar-refractivity contribution is -0.159. The van der Waals surface area contributed by atoms with Crippen molar-refractivity contribution >= 4 is 0 Å². The van der Waals surface area contributed by atoms with Gasteiger partial charge in [0.25, 0.3) is 0 Å². The second-order valence-electron chi connectivity index (χ2n) is 9.79. The average molecular weight is 431 g/mol. The van der Waals surface area contributed by atoms with Gasteiger partial charge in [-0.2, -0.15) is 0 Å². The average Bonchev–Trinajstić information content (AvgIpc) is 2.78. The largest absolute Gasteiger partial charge is 0.396 e. The van der Waals surface area contributed by atoms with Crippen molar-refractivity contribution in [2.75, 3.05) is 33.0 Å². The van der Waals surface area contributed by atoms with E-state index in [2.05, 4.69) is 0 Å². The molecule has 0 aromatic heterocycles. The van der Waals surface area contributed by atoms with Crippen molar-refractivity contribution in [1.82, 2.24) is 0 Å². The van der Waals surface area contributed by atoms with E-state index in [1.165, 1.54) is 64.2 Å². The van der Waals surface area contributed by atoms with Gasteiger partial charge in [0.2, 0.25) is 0 Å². The Morgan fingerprint density at radius 2 is 0.833 bits per heavy atom. The molecule has 1 unspecified atom stereocenters. The molecule has 5 N–H and O–H groups in total. The van der Waals surface area contributed by atoms with E-state index in [-0.39, 0.29) is 39.0 Å². The van der Waals surface area contributed by atoms with E-state index in [4.69, 9.17) is 0 Å². The normalized spacial score (nSPS) is 26.1. The van der Waals surface area contributed by atoms with E-state index in [1.54, 1.807) is 0 Å². The summed E-state index contributed by atoms with van der Waals surface area (Å²) in [5, 5.41) is 51.5. The molecule has 1 atom stereocenters. The first-order valence-electron chi connectivity index (χ1n) is 12.7. The maximum Gasteiger partial charge on any atom is 0.0520 e. The molecule has 1 rings (SSSR count). The highest BCUT2D eigenvalue weighted by atomic mass is 16.3. The van der Waals surface area contributed by atoms with Crippen molar-refractivity contribution in [3.05, 3.63) is 0 Å². The molecule has 0 amide bonds. The van der Waals surface area contributed by atoms with Crippen LogP contribution in [0.3, 0.4) is 0 Å². The fraction of sp³-hybridized carbons (Fsp3) is 1.00. The van der Waals surface area contributed by atoms with Gasteiger partial charge in [0.15, 0.2) is 0 Å².